The van der Waals surface area contributed by atoms with Crippen LogP contribution in [0.2, 0.25) is 0 Å². The SMILES string of the molecule is Cc1cc(S(=O)(=O)N[C@@H](C)COC2CCC(CN3CCN(c4cccc5c4n(C)c(=O)n5C4CCC(=O)NC4=O)CC3)CC2)ccc1Nc1ncc(C(F)(F)F)c(N2CCC[C@](C)(O)C2)n1. The number of anilines is 4. The van der Waals surface area contributed by atoms with Crippen LogP contribution in [0.3, 0.4) is 0 Å². The van der Waals surface area contributed by atoms with E-state index in [4.69, 9.17) is 4.74 Å². The van der Waals surface area contributed by atoms with E-state index in [2.05, 4.69) is 35.1 Å². The zero-order chi connectivity index (χ0) is 47.1. The van der Waals surface area contributed by atoms with E-state index in [0.717, 1.165) is 75.8 Å². The van der Waals surface area contributed by atoms with E-state index in [1.54, 1.807) is 32.4 Å². The highest BCUT2D eigenvalue weighted by molar-refractivity contribution is 7.89. The summed E-state index contributed by atoms with van der Waals surface area (Å²) >= 11 is 0. The van der Waals surface area contributed by atoms with Crippen molar-refractivity contribution in [2.45, 2.75) is 107 Å². The molecule has 66 heavy (non-hydrogen) atoms. The van der Waals surface area contributed by atoms with Crippen molar-refractivity contribution in [2.24, 2.45) is 13.0 Å². The van der Waals surface area contributed by atoms with E-state index in [1.165, 1.54) is 27.7 Å². The quantitative estimate of drug-likeness (QED) is 0.136. The van der Waals surface area contributed by atoms with Gasteiger partial charge in [0.05, 0.1) is 39.9 Å². The van der Waals surface area contributed by atoms with Gasteiger partial charge in [-0.05, 0) is 108 Å². The molecular weight excluding hydrogens is 882 g/mol. The topological polar surface area (TPSA) is 196 Å². The first-order valence-electron chi connectivity index (χ1n) is 22.7. The summed E-state index contributed by atoms with van der Waals surface area (Å²) in [6, 6.07) is 8.94. The number of carbonyl (C=O) groups excluding carboxylic acids is 2. The van der Waals surface area contributed by atoms with Gasteiger partial charge in [-0.3, -0.25) is 28.9 Å². The molecule has 3 saturated heterocycles. The lowest BCUT2D eigenvalue weighted by atomic mass is 9.87. The Labute approximate surface area is 381 Å². The van der Waals surface area contributed by atoms with Crippen molar-refractivity contribution in [3.8, 4) is 0 Å². The van der Waals surface area contributed by atoms with Crippen LogP contribution in [0.25, 0.3) is 11.0 Å². The van der Waals surface area contributed by atoms with Crippen LogP contribution in [-0.4, -0.2) is 120 Å². The highest BCUT2D eigenvalue weighted by Gasteiger charge is 2.40. The molecule has 3 atom stereocenters. The standard InChI is InChI=1S/C45H59F3N10O7S/c1-28-23-32(13-14-34(28)50-42-49-24-33(45(46,47)48)40(52-42)57-18-6-17-44(3,62)27-57)66(63,64)53-29(2)26-65-31-11-9-30(10-12-31)25-55-19-21-56(22-20-55)35-7-5-8-36-39(35)54(4)43(61)58(36)37-15-16-38(59)51-41(37)60/h5,7-8,13-14,23-24,29-31,37,53,62H,6,9-12,15-22,25-27H2,1-4H3,(H,49,50,52)(H,51,59,60)/t29-,30?,31?,37?,44-/m0/s1. The summed E-state index contributed by atoms with van der Waals surface area (Å²) in [6.07, 6.45) is 1.21. The van der Waals surface area contributed by atoms with Crippen molar-refractivity contribution in [1.82, 2.24) is 34.0 Å². The average molecular weight is 941 g/mol. The third-order valence-corrected chi connectivity index (χ3v) is 15.0. The Hall–Kier alpha value is -5.09. The van der Waals surface area contributed by atoms with Gasteiger partial charge in [0, 0.05) is 77.2 Å². The number of imidazole rings is 1. The van der Waals surface area contributed by atoms with Crippen LogP contribution in [0.4, 0.5) is 36.3 Å². The summed E-state index contributed by atoms with van der Waals surface area (Å²) in [5.74, 6) is -0.690. The number of β-amino-alcohol motifs (C(OH)–C–C–N with tert-alkyl or cyclic N) is 1. The number of nitrogens with zero attached hydrogens (tertiary/aromatic N) is 7. The third kappa shape index (κ3) is 10.4. The number of piperidine rings is 2. The van der Waals surface area contributed by atoms with Crippen LogP contribution in [-0.2, 0) is 37.6 Å². The fourth-order valence-electron chi connectivity index (χ4n) is 9.91. The van der Waals surface area contributed by atoms with E-state index in [-0.39, 0.29) is 60.4 Å². The smallest absolute Gasteiger partial charge is 0.388 e. The maximum Gasteiger partial charge on any atom is 0.421 e. The van der Waals surface area contributed by atoms with Crippen LogP contribution in [0.5, 0.6) is 0 Å². The largest absolute Gasteiger partial charge is 0.421 e. The molecule has 0 bridgehead atoms. The molecule has 2 amide bonds. The number of piperazine rings is 1. The van der Waals surface area contributed by atoms with Crippen molar-refractivity contribution < 1.29 is 41.0 Å². The van der Waals surface area contributed by atoms with E-state index in [9.17, 15) is 41.1 Å². The lowest BCUT2D eigenvalue weighted by Gasteiger charge is -2.39. The fourth-order valence-corrected chi connectivity index (χ4v) is 11.2. The summed E-state index contributed by atoms with van der Waals surface area (Å²) < 4.78 is 80.8. The fraction of sp³-hybridized carbons (Fsp3) is 0.578. The second-order valence-electron chi connectivity index (χ2n) is 18.7. The molecule has 1 aliphatic carbocycles. The number of nitrogens with one attached hydrogen (secondary N) is 3. The summed E-state index contributed by atoms with van der Waals surface area (Å²) in [6.45, 7) is 9.76. The molecule has 2 aromatic carbocycles. The lowest BCUT2D eigenvalue weighted by molar-refractivity contribution is -0.138. The van der Waals surface area contributed by atoms with E-state index < -0.39 is 45.4 Å². The van der Waals surface area contributed by atoms with Gasteiger partial charge in [-0.15, -0.1) is 0 Å². The third-order valence-electron chi connectivity index (χ3n) is 13.4. The summed E-state index contributed by atoms with van der Waals surface area (Å²) in [5, 5.41) is 15.9. The van der Waals surface area contributed by atoms with Crippen molar-refractivity contribution in [2.75, 3.05) is 67.5 Å². The van der Waals surface area contributed by atoms with Gasteiger partial charge < -0.3 is 25.0 Å². The number of halogens is 3. The molecule has 0 radical (unpaired) electrons. The Bertz CT molecular complexity index is 2620. The summed E-state index contributed by atoms with van der Waals surface area (Å²) in [7, 11) is -2.22. The predicted octanol–water partition coefficient (Wildman–Crippen LogP) is 4.59. The van der Waals surface area contributed by atoms with Gasteiger partial charge in [0.15, 0.2) is 0 Å². The number of para-hydroxylation sites is 1. The van der Waals surface area contributed by atoms with Gasteiger partial charge in [0.1, 0.15) is 17.4 Å². The molecule has 0 spiro atoms. The Balaban J connectivity index is 0.793. The molecule has 21 heteroatoms. The number of hydrogen-bond acceptors (Lipinski definition) is 13. The van der Waals surface area contributed by atoms with Gasteiger partial charge in [-0.25, -0.2) is 22.9 Å². The van der Waals surface area contributed by atoms with Crippen LogP contribution >= 0.6 is 0 Å². The summed E-state index contributed by atoms with van der Waals surface area (Å²) in [5.41, 5.74) is 0.874. The van der Waals surface area contributed by atoms with Gasteiger partial charge in [0.25, 0.3) is 0 Å². The zero-order valence-corrected chi connectivity index (χ0v) is 38.6. The number of aryl methyl sites for hydroxylation is 2. The number of alkyl halides is 3. The molecule has 4 aromatic rings. The first kappa shape index (κ1) is 47.4. The molecular formula is C45H59F3N10O7S. The number of hydrogen-bond donors (Lipinski definition) is 4. The molecule has 3 aliphatic heterocycles. The van der Waals surface area contributed by atoms with Gasteiger partial charge in [-0.2, -0.15) is 18.2 Å². The highest BCUT2D eigenvalue weighted by atomic mass is 32.2. The highest BCUT2D eigenvalue weighted by Crippen LogP contribution is 2.38. The normalized spacial score (nSPS) is 24.2. The molecule has 17 nitrogen and oxygen atoms in total. The van der Waals surface area contributed by atoms with Gasteiger partial charge in [-0.1, -0.05) is 6.07 Å². The molecule has 1 unspecified atom stereocenters. The minimum absolute atomic E-state index is 0.0159. The molecule has 5 heterocycles. The number of benzene rings is 2. The van der Waals surface area contributed by atoms with Crippen molar-refractivity contribution in [1.29, 1.82) is 0 Å². The van der Waals surface area contributed by atoms with Crippen molar-refractivity contribution in [3.63, 3.8) is 0 Å². The maximum absolute atomic E-state index is 14.0. The Kier molecular flexibility index (Phi) is 13.6. The molecule has 8 rings (SSSR count). The van der Waals surface area contributed by atoms with Gasteiger partial charge in [0.2, 0.25) is 27.8 Å². The van der Waals surface area contributed by atoms with Crippen LogP contribution in [0, 0.1) is 12.8 Å². The molecule has 358 valence electrons. The number of sulfonamides is 1. The number of carbonyl (C=O) groups is 2. The van der Waals surface area contributed by atoms with Crippen molar-refractivity contribution >= 4 is 56.0 Å². The average Bonchev–Trinajstić information content (AvgIpc) is 3.52. The van der Waals surface area contributed by atoms with E-state index in [0.29, 0.717) is 42.1 Å². The van der Waals surface area contributed by atoms with E-state index in [1.807, 2.05) is 18.2 Å². The Morgan fingerprint density at radius 2 is 1.76 bits per heavy atom. The number of aliphatic hydroxyl groups is 1. The van der Waals surface area contributed by atoms with Crippen molar-refractivity contribution in [3.05, 3.63) is 64.2 Å². The van der Waals surface area contributed by atoms with Crippen LogP contribution in [0.1, 0.15) is 82.4 Å². The van der Waals surface area contributed by atoms with Crippen LogP contribution < -0.4 is 30.8 Å². The minimum atomic E-state index is -4.71. The van der Waals surface area contributed by atoms with Gasteiger partial charge >= 0.3 is 11.9 Å². The molecule has 4 N–H and O–H groups in total. The Morgan fingerprint density at radius 1 is 1.02 bits per heavy atom. The number of rotatable bonds is 13. The second-order valence-corrected chi connectivity index (χ2v) is 20.4. The molecule has 4 fully saturated rings. The maximum atomic E-state index is 14.0. The lowest BCUT2D eigenvalue weighted by Crippen LogP contribution is -2.48. The molecule has 2 aromatic heterocycles. The number of imide groups is 1. The second kappa shape index (κ2) is 18.9. The minimum Gasteiger partial charge on any atom is -0.388 e. The molecule has 1 saturated carbocycles. The Morgan fingerprint density at radius 3 is 2.44 bits per heavy atom. The molecule has 4 aliphatic rings. The predicted molar refractivity (Wildman–Crippen MR) is 242 cm³/mol. The monoisotopic (exact) mass is 940 g/mol. The number of fused-ring (bicyclic) bond motifs is 1. The number of ether oxygens (including phenoxy) is 1. The summed E-state index contributed by atoms with van der Waals surface area (Å²) in [4.78, 5) is 52.3. The zero-order valence-electron chi connectivity index (χ0n) is 37.7. The first-order chi connectivity index (χ1) is 31.3. The van der Waals surface area contributed by atoms with E-state index >= 15 is 0 Å². The number of amides is 2. The number of aromatic nitrogens is 4. The first-order valence-corrected chi connectivity index (χ1v) is 24.2. The van der Waals surface area contributed by atoms with Crippen LogP contribution in [0.15, 0.2) is 52.3 Å².